The van der Waals surface area contributed by atoms with Crippen LogP contribution in [0.25, 0.3) is 44.3 Å². The molecule has 0 N–H and O–H groups in total. The van der Waals surface area contributed by atoms with Crippen LogP contribution in [0.3, 0.4) is 0 Å². The number of pyridine rings is 2. The van der Waals surface area contributed by atoms with Gasteiger partial charge in [0.05, 0.1) is 17.7 Å². The zero-order valence-electron chi connectivity index (χ0n) is 16.8. The summed E-state index contributed by atoms with van der Waals surface area (Å²) in [5.41, 5.74) is 6.18. The second kappa shape index (κ2) is 6.56. The molecule has 0 aliphatic heterocycles. The molecule has 0 amide bonds. The van der Waals surface area contributed by atoms with E-state index in [0.717, 1.165) is 33.5 Å². The maximum Gasteiger partial charge on any atom is 0.137 e. The molecular weight excluding hydrogens is 356 g/mol. The number of hydrogen-bond donors (Lipinski definition) is 0. The van der Waals surface area contributed by atoms with Gasteiger partial charge in [-0.1, -0.05) is 45.0 Å². The van der Waals surface area contributed by atoms with Crippen LogP contribution in [-0.4, -0.2) is 9.97 Å². The third kappa shape index (κ3) is 3.19. The highest BCUT2D eigenvalue weighted by Crippen LogP contribution is 2.35. The summed E-state index contributed by atoms with van der Waals surface area (Å²) >= 11 is 0. The fraction of sp³-hybridized carbons (Fsp3) is 0.154. The lowest BCUT2D eigenvalue weighted by atomic mass is 9.82. The van der Waals surface area contributed by atoms with Gasteiger partial charge in [-0.05, 0) is 52.1 Å². The predicted molar refractivity (Wildman–Crippen MR) is 119 cm³/mol. The van der Waals surface area contributed by atoms with Crippen LogP contribution in [0.2, 0.25) is 0 Å². The molecule has 2 aromatic carbocycles. The number of nitrogens with zero attached hydrogens (tertiary/aromatic N) is 2. The molecule has 3 heteroatoms. The van der Waals surface area contributed by atoms with Crippen LogP contribution >= 0.6 is 0 Å². The molecule has 3 heterocycles. The molecule has 0 fully saturated rings. The van der Waals surface area contributed by atoms with E-state index in [1.807, 2.05) is 30.6 Å². The summed E-state index contributed by atoms with van der Waals surface area (Å²) in [6, 6.07) is 21.1. The van der Waals surface area contributed by atoms with Gasteiger partial charge in [0.2, 0.25) is 0 Å². The molecule has 0 saturated carbocycles. The fourth-order valence-corrected chi connectivity index (χ4v) is 3.84. The Hall–Kier alpha value is -3.46. The van der Waals surface area contributed by atoms with E-state index >= 15 is 0 Å². The Morgan fingerprint density at radius 2 is 1.59 bits per heavy atom. The molecule has 3 aromatic heterocycles. The average molecular weight is 378 g/mol. The molecule has 0 unspecified atom stereocenters. The predicted octanol–water partition coefficient (Wildman–Crippen LogP) is 7.01. The van der Waals surface area contributed by atoms with Crippen molar-refractivity contribution in [3.8, 4) is 22.5 Å². The summed E-state index contributed by atoms with van der Waals surface area (Å²) in [5.74, 6) is 0. The van der Waals surface area contributed by atoms with Crippen LogP contribution in [0.4, 0.5) is 0 Å². The van der Waals surface area contributed by atoms with Gasteiger partial charge in [0, 0.05) is 35.0 Å². The van der Waals surface area contributed by atoms with E-state index in [4.69, 9.17) is 4.42 Å². The number of benzene rings is 2. The number of aromatic nitrogens is 2. The van der Waals surface area contributed by atoms with Gasteiger partial charge >= 0.3 is 0 Å². The van der Waals surface area contributed by atoms with Crippen molar-refractivity contribution in [1.82, 2.24) is 9.97 Å². The Labute approximate surface area is 170 Å². The Kier molecular flexibility index (Phi) is 3.99. The van der Waals surface area contributed by atoms with E-state index in [-0.39, 0.29) is 5.41 Å². The molecule has 0 radical (unpaired) electrons. The largest absolute Gasteiger partial charge is 0.464 e. The van der Waals surface area contributed by atoms with Gasteiger partial charge in [-0.3, -0.25) is 9.97 Å². The lowest BCUT2D eigenvalue weighted by molar-refractivity contribution is 0.596. The van der Waals surface area contributed by atoms with Crippen LogP contribution in [-0.2, 0) is 5.41 Å². The van der Waals surface area contributed by atoms with Gasteiger partial charge in [-0.2, -0.15) is 0 Å². The van der Waals surface area contributed by atoms with Crippen molar-refractivity contribution >= 4 is 21.7 Å². The van der Waals surface area contributed by atoms with Crippen LogP contribution in [0, 0.1) is 0 Å². The smallest absolute Gasteiger partial charge is 0.137 e. The molecule has 29 heavy (non-hydrogen) atoms. The van der Waals surface area contributed by atoms with E-state index in [0.29, 0.717) is 0 Å². The number of fused-ring (bicyclic) bond motifs is 2. The molecule has 0 spiro atoms. The number of hydrogen-bond acceptors (Lipinski definition) is 3. The van der Waals surface area contributed by atoms with Crippen molar-refractivity contribution < 1.29 is 4.42 Å². The highest BCUT2D eigenvalue weighted by Gasteiger charge is 2.18. The van der Waals surface area contributed by atoms with E-state index in [9.17, 15) is 0 Å². The van der Waals surface area contributed by atoms with E-state index in [1.54, 1.807) is 6.26 Å². The van der Waals surface area contributed by atoms with Crippen molar-refractivity contribution in [1.29, 1.82) is 0 Å². The first kappa shape index (κ1) is 17.6. The molecule has 0 aliphatic carbocycles. The van der Waals surface area contributed by atoms with Gasteiger partial charge in [0.25, 0.3) is 0 Å². The molecule has 5 aromatic rings. The fourth-order valence-electron chi connectivity index (χ4n) is 3.84. The van der Waals surface area contributed by atoms with Crippen molar-refractivity contribution in [2.24, 2.45) is 0 Å². The topological polar surface area (TPSA) is 38.9 Å². The van der Waals surface area contributed by atoms with Crippen LogP contribution in [0.5, 0.6) is 0 Å². The van der Waals surface area contributed by atoms with E-state index in [2.05, 4.69) is 73.2 Å². The second-order valence-corrected chi connectivity index (χ2v) is 8.45. The summed E-state index contributed by atoms with van der Waals surface area (Å²) in [6.07, 6.45) is 5.39. The average Bonchev–Trinajstić information content (AvgIpc) is 3.20. The number of rotatable bonds is 2. The Morgan fingerprint density at radius 1 is 0.759 bits per heavy atom. The minimum atomic E-state index is 0.0408. The van der Waals surface area contributed by atoms with E-state index in [1.165, 1.54) is 16.3 Å². The second-order valence-electron chi connectivity index (χ2n) is 8.45. The van der Waals surface area contributed by atoms with Crippen LogP contribution < -0.4 is 0 Å². The summed E-state index contributed by atoms with van der Waals surface area (Å²) in [6.45, 7) is 6.76. The normalized spacial score (nSPS) is 12.0. The van der Waals surface area contributed by atoms with E-state index < -0.39 is 0 Å². The summed E-state index contributed by atoms with van der Waals surface area (Å²) in [4.78, 5) is 9.27. The van der Waals surface area contributed by atoms with Gasteiger partial charge < -0.3 is 4.42 Å². The first-order valence-electron chi connectivity index (χ1n) is 9.82. The molecular formula is C26H22N2O. The van der Waals surface area contributed by atoms with Crippen molar-refractivity contribution in [3.05, 3.63) is 84.9 Å². The molecule has 0 atom stereocenters. The minimum absolute atomic E-state index is 0.0408. The first-order chi connectivity index (χ1) is 14.0. The van der Waals surface area contributed by atoms with Crippen LogP contribution in [0.1, 0.15) is 26.3 Å². The quantitative estimate of drug-likeness (QED) is 0.332. The molecule has 0 aliphatic rings. The third-order valence-corrected chi connectivity index (χ3v) is 5.36. The summed E-state index contributed by atoms with van der Waals surface area (Å²) in [7, 11) is 0. The van der Waals surface area contributed by atoms with Crippen molar-refractivity contribution in [2.75, 3.05) is 0 Å². The number of furan rings is 1. The maximum absolute atomic E-state index is 5.54. The third-order valence-electron chi connectivity index (χ3n) is 5.36. The lowest BCUT2D eigenvalue weighted by Crippen LogP contribution is -2.12. The Bertz CT molecular complexity index is 1340. The Morgan fingerprint density at radius 3 is 2.45 bits per heavy atom. The molecule has 5 rings (SSSR count). The summed E-state index contributed by atoms with van der Waals surface area (Å²) in [5, 5.41) is 3.54. The van der Waals surface area contributed by atoms with Gasteiger partial charge in [-0.15, -0.1) is 0 Å². The lowest BCUT2D eigenvalue weighted by Gasteiger charge is -2.22. The zero-order valence-corrected chi connectivity index (χ0v) is 16.8. The highest BCUT2D eigenvalue weighted by molar-refractivity contribution is 5.91. The molecule has 142 valence electrons. The molecule has 0 bridgehead atoms. The minimum Gasteiger partial charge on any atom is -0.464 e. The van der Waals surface area contributed by atoms with Gasteiger partial charge in [-0.25, -0.2) is 0 Å². The maximum atomic E-state index is 5.54. The standard InChI is InChI=1S/C26H22N2O/c1-26(2,3)22-13-20(12-17-6-4-5-7-21(17)22)23-14-18(8-10-27-23)24-15-25-19(16-28-24)9-11-29-25/h4-16H,1-3H3. The first-order valence-corrected chi connectivity index (χ1v) is 9.82. The zero-order chi connectivity index (χ0) is 20.0. The SMILES string of the molecule is CC(C)(C)c1cc(-c2cc(-c3cc4occc4cn3)ccn2)cc2ccccc12. The van der Waals surface area contributed by atoms with Crippen molar-refractivity contribution in [3.63, 3.8) is 0 Å². The van der Waals surface area contributed by atoms with Crippen molar-refractivity contribution in [2.45, 2.75) is 26.2 Å². The molecule has 3 nitrogen and oxygen atoms in total. The Balaban J connectivity index is 1.66. The monoisotopic (exact) mass is 378 g/mol. The highest BCUT2D eigenvalue weighted by atomic mass is 16.3. The summed E-state index contributed by atoms with van der Waals surface area (Å²) < 4.78 is 5.54. The van der Waals surface area contributed by atoms with Crippen LogP contribution in [0.15, 0.2) is 83.7 Å². The van der Waals surface area contributed by atoms with Gasteiger partial charge in [0.15, 0.2) is 0 Å². The molecule has 0 saturated heterocycles. The van der Waals surface area contributed by atoms with Gasteiger partial charge in [0.1, 0.15) is 5.58 Å².